The molecular weight excluding hydrogens is 300 g/mol. The van der Waals surface area contributed by atoms with E-state index >= 15 is 0 Å². The van der Waals surface area contributed by atoms with Gasteiger partial charge in [-0.05, 0) is 12.1 Å². The quantitative estimate of drug-likeness (QED) is 0.607. The molecule has 1 amide bonds. The van der Waals surface area contributed by atoms with Gasteiger partial charge in [0.2, 0.25) is 15.9 Å². The van der Waals surface area contributed by atoms with Gasteiger partial charge in [0.05, 0.1) is 16.6 Å². The van der Waals surface area contributed by atoms with Gasteiger partial charge in [-0.1, -0.05) is 0 Å². The fraction of sp³-hybridized carbons (Fsp3) is 0.273. The van der Waals surface area contributed by atoms with Crippen molar-refractivity contribution in [3.05, 3.63) is 33.9 Å². The van der Waals surface area contributed by atoms with Crippen molar-refractivity contribution in [3.63, 3.8) is 0 Å². The highest BCUT2D eigenvalue weighted by atomic mass is 32.2. The molecule has 0 aliphatic carbocycles. The highest BCUT2D eigenvalue weighted by Gasteiger charge is 2.39. The number of rotatable bonds is 3. The lowest BCUT2D eigenvalue weighted by atomic mass is 10.1. The maximum atomic E-state index is 11.9. The van der Waals surface area contributed by atoms with Crippen LogP contribution in [0.4, 0.5) is 11.4 Å². The minimum absolute atomic E-state index is 0.0462. The summed E-state index contributed by atoms with van der Waals surface area (Å²) in [6.45, 7) is -0.246. The number of nitrogens with zero attached hydrogens (tertiary/aromatic N) is 3. The van der Waals surface area contributed by atoms with E-state index in [-0.39, 0.29) is 24.2 Å². The molecule has 0 radical (unpaired) electrons. The molecule has 10 heteroatoms. The molecule has 1 aromatic rings. The Morgan fingerprint density at radius 2 is 2.14 bits per heavy atom. The molecule has 1 unspecified atom stereocenters. The van der Waals surface area contributed by atoms with E-state index in [1.165, 1.54) is 12.1 Å². The van der Waals surface area contributed by atoms with Crippen molar-refractivity contribution < 1.29 is 18.1 Å². The molecule has 1 heterocycles. The van der Waals surface area contributed by atoms with Crippen LogP contribution < -0.4 is 10.0 Å². The van der Waals surface area contributed by atoms with Crippen LogP contribution in [-0.2, 0) is 14.8 Å². The van der Waals surface area contributed by atoms with E-state index in [1.54, 1.807) is 6.07 Å². The Hall–Kier alpha value is -2.51. The van der Waals surface area contributed by atoms with E-state index in [0.717, 1.165) is 11.0 Å². The highest BCUT2D eigenvalue weighted by molar-refractivity contribution is 7.89. The normalized spacial score (nSPS) is 18.6. The number of primary sulfonamides is 1. The molecule has 1 saturated heterocycles. The first-order valence-corrected chi connectivity index (χ1v) is 7.35. The average Bonchev–Trinajstić information content (AvgIpc) is 2.80. The molecular formula is C11H10N4O5S. The number of amides is 1. The number of nitriles is 1. The van der Waals surface area contributed by atoms with Gasteiger partial charge in [0.25, 0.3) is 5.69 Å². The average molecular weight is 310 g/mol. The zero-order valence-electron chi connectivity index (χ0n) is 10.6. The summed E-state index contributed by atoms with van der Waals surface area (Å²) in [6, 6.07) is 5.36. The third-order valence-electron chi connectivity index (χ3n) is 3.15. The van der Waals surface area contributed by atoms with Crippen LogP contribution in [0.25, 0.3) is 0 Å². The summed E-state index contributed by atoms with van der Waals surface area (Å²) < 4.78 is 22.6. The number of benzene rings is 1. The molecule has 1 fully saturated rings. The largest absolute Gasteiger partial charge is 0.305 e. The van der Waals surface area contributed by atoms with Crippen molar-refractivity contribution in [3.8, 4) is 6.07 Å². The Kier molecular flexibility index (Phi) is 3.63. The molecule has 1 aromatic carbocycles. The number of hydrogen-bond acceptors (Lipinski definition) is 6. The SMILES string of the molecule is N#Cc1ccc(N2CC(S(N)(=O)=O)CC2=O)c([N+](=O)[O-])c1. The van der Waals surface area contributed by atoms with Crippen LogP contribution in [0.5, 0.6) is 0 Å². The number of nitro benzene ring substituents is 1. The first kappa shape index (κ1) is 14.9. The van der Waals surface area contributed by atoms with Gasteiger partial charge < -0.3 is 4.90 Å². The molecule has 0 spiro atoms. The Morgan fingerprint density at radius 1 is 1.48 bits per heavy atom. The number of nitro groups is 1. The van der Waals surface area contributed by atoms with Crippen molar-refractivity contribution in [2.75, 3.05) is 11.4 Å². The predicted molar refractivity (Wildman–Crippen MR) is 71.7 cm³/mol. The maximum absolute atomic E-state index is 11.9. The van der Waals surface area contributed by atoms with E-state index in [2.05, 4.69) is 0 Å². The van der Waals surface area contributed by atoms with Gasteiger partial charge in [-0.25, -0.2) is 13.6 Å². The second-order valence-electron chi connectivity index (χ2n) is 4.49. The minimum Gasteiger partial charge on any atom is -0.305 e. The third kappa shape index (κ3) is 2.83. The van der Waals surface area contributed by atoms with Gasteiger partial charge >= 0.3 is 0 Å². The summed E-state index contributed by atoms with van der Waals surface area (Å²) in [4.78, 5) is 23.2. The molecule has 0 saturated carbocycles. The third-order valence-corrected chi connectivity index (χ3v) is 4.39. The topological polar surface area (TPSA) is 147 Å². The van der Waals surface area contributed by atoms with E-state index in [1.807, 2.05) is 0 Å². The maximum Gasteiger partial charge on any atom is 0.294 e. The number of nitrogens with two attached hydrogens (primary N) is 1. The summed E-state index contributed by atoms with van der Waals surface area (Å²) in [5.41, 5.74) is -0.410. The molecule has 2 rings (SSSR count). The van der Waals surface area contributed by atoms with Crippen LogP contribution in [0, 0.1) is 21.4 Å². The lowest BCUT2D eigenvalue weighted by molar-refractivity contribution is -0.384. The van der Waals surface area contributed by atoms with Gasteiger partial charge in [-0.3, -0.25) is 14.9 Å². The molecule has 21 heavy (non-hydrogen) atoms. The van der Waals surface area contributed by atoms with Crippen molar-refractivity contribution in [1.29, 1.82) is 5.26 Å². The molecule has 0 aromatic heterocycles. The predicted octanol–water partition coefficient (Wildman–Crippen LogP) is -0.140. The molecule has 1 aliphatic rings. The fourth-order valence-electron chi connectivity index (χ4n) is 2.10. The summed E-state index contributed by atoms with van der Waals surface area (Å²) >= 11 is 0. The number of anilines is 1. The van der Waals surface area contributed by atoms with Crippen LogP contribution in [0.15, 0.2) is 18.2 Å². The van der Waals surface area contributed by atoms with Crippen LogP contribution in [-0.4, -0.2) is 31.0 Å². The lowest BCUT2D eigenvalue weighted by Crippen LogP contribution is -2.32. The standard InChI is InChI=1S/C11H10N4O5S/c12-5-7-1-2-9(10(3-7)15(17)18)14-6-8(4-11(14)16)21(13,19)20/h1-3,8H,4,6H2,(H2,13,19,20). The molecule has 0 bridgehead atoms. The Labute approximate surface area is 119 Å². The molecule has 2 N–H and O–H groups in total. The Morgan fingerprint density at radius 3 is 2.62 bits per heavy atom. The van der Waals surface area contributed by atoms with E-state index < -0.39 is 31.8 Å². The van der Waals surface area contributed by atoms with Crippen LogP contribution in [0.1, 0.15) is 12.0 Å². The molecule has 110 valence electrons. The monoisotopic (exact) mass is 310 g/mol. The highest BCUT2D eigenvalue weighted by Crippen LogP contribution is 2.33. The lowest BCUT2D eigenvalue weighted by Gasteiger charge is -2.16. The first-order chi connectivity index (χ1) is 9.74. The van der Waals surface area contributed by atoms with Gasteiger partial charge in [0, 0.05) is 19.0 Å². The summed E-state index contributed by atoms with van der Waals surface area (Å²) in [7, 11) is -3.91. The summed E-state index contributed by atoms with van der Waals surface area (Å²) in [5, 5.41) is 23.7. The van der Waals surface area contributed by atoms with Crippen molar-refractivity contribution in [2.24, 2.45) is 5.14 Å². The van der Waals surface area contributed by atoms with Gasteiger partial charge in [0.15, 0.2) is 0 Å². The van der Waals surface area contributed by atoms with E-state index in [0.29, 0.717) is 0 Å². The van der Waals surface area contributed by atoms with E-state index in [9.17, 15) is 23.3 Å². The zero-order chi connectivity index (χ0) is 15.8. The van der Waals surface area contributed by atoms with Crippen molar-refractivity contribution in [2.45, 2.75) is 11.7 Å². The van der Waals surface area contributed by atoms with Crippen LogP contribution in [0.2, 0.25) is 0 Å². The second-order valence-corrected chi connectivity index (χ2v) is 6.34. The van der Waals surface area contributed by atoms with Gasteiger partial charge in [-0.15, -0.1) is 0 Å². The van der Waals surface area contributed by atoms with Crippen LogP contribution in [0.3, 0.4) is 0 Å². The van der Waals surface area contributed by atoms with Crippen molar-refractivity contribution >= 4 is 27.3 Å². The number of hydrogen-bond donors (Lipinski definition) is 1. The van der Waals surface area contributed by atoms with Crippen molar-refractivity contribution in [1.82, 2.24) is 0 Å². The fourth-order valence-corrected chi connectivity index (χ4v) is 2.83. The summed E-state index contributed by atoms with van der Waals surface area (Å²) in [5.74, 6) is -0.568. The molecule has 9 nitrogen and oxygen atoms in total. The molecule has 1 aliphatic heterocycles. The second kappa shape index (κ2) is 5.12. The smallest absolute Gasteiger partial charge is 0.294 e. The van der Waals surface area contributed by atoms with Crippen LogP contribution >= 0.6 is 0 Å². The van der Waals surface area contributed by atoms with Gasteiger partial charge in [0.1, 0.15) is 10.9 Å². The zero-order valence-corrected chi connectivity index (χ0v) is 11.4. The Bertz CT molecular complexity index is 767. The van der Waals surface area contributed by atoms with Gasteiger partial charge in [-0.2, -0.15) is 5.26 Å². The minimum atomic E-state index is -3.91. The first-order valence-electron chi connectivity index (χ1n) is 5.74. The summed E-state index contributed by atoms with van der Waals surface area (Å²) in [6.07, 6.45) is -0.323. The number of carbonyl (C=O) groups is 1. The Balaban J connectivity index is 2.46. The number of sulfonamides is 1. The number of carbonyl (C=O) groups excluding carboxylic acids is 1. The molecule has 1 atom stereocenters. The van der Waals surface area contributed by atoms with E-state index in [4.69, 9.17) is 10.4 Å².